The van der Waals surface area contributed by atoms with E-state index < -0.39 is 5.66 Å². The van der Waals surface area contributed by atoms with Crippen LogP contribution in [0, 0.1) is 0 Å². The minimum absolute atomic E-state index is 0.0948. The molecule has 0 aliphatic carbocycles. The van der Waals surface area contributed by atoms with Crippen molar-refractivity contribution in [3.8, 4) is 0 Å². The highest BCUT2D eigenvalue weighted by molar-refractivity contribution is 8.00. The van der Waals surface area contributed by atoms with Gasteiger partial charge in [0.15, 0.2) is 11.4 Å². The highest BCUT2D eigenvalue weighted by Gasteiger charge is 2.42. The van der Waals surface area contributed by atoms with Crippen LogP contribution in [0.4, 0.5) is 4.79 Å². The van der Waals surface area contributed by atoms with Crippen molar-refractivity contribution in [1.29, 1.82) is 0 Å². The topological polar surface area (TPSA) is 132 Å². The smallest absolute Gasteiger partial charge is 0.315 e. The van der Waals surface area contributed by atoms with E-state index in [1.54, 1.807) is 0 Å². The quantitative estimate of drug-likeness (QED) is 0.0354. The Hall–Kier alpha value is -2.40. The summed E-state index contributed by atoms with van der Waals surface area (Å²) in [7, 11) is 0. The fourth-order valence-corrected chi connectivity index (χ4v) is 6.98. The van der Waals surface area contributed by atoms with E-state index >= 15 is 0 Å². The highest BCUT2D eigenvalue weighted by Crippen LogP contribution is 2.33. The third-order valence-corrected chi connectivity index (χ3v) is 9.59. The molecule has 260 valence electrons. The Balaban J connectivity index is 1.65. The van der Waals surface area contributed by atoms with Crippen molar-refractivity contribution in [3.63, 3.8) is 0 Å². The van der Waals surface area contributed by atoms with Crippen LogP contribution in [0.3, 0.4) is 0 Å². The molecule has 0 aromatic rings. The van der Waals surface area contributed by atoms with Crippen molar-refractivity contribution in [2.45, 2.75) is 127 Å². The van der Waals surface area contributed by atoms with Gasteiger partial charge in [-0.3, -0.25) is 9.59 Å². The summed E-state index contributed by atoms with van der Waals surface area (Å²) in [4.78, 5) is 37.6. The molecule has 0 bridgehead atoms. The molecule has 0 radical (unpaired) electrons. The average Bonchev–Trinajstić information content (AvgIpc) is 3.59. The number of ketones is 1. The van der Waals surface area contributed by atoms with Crippen LogP contribution in [0.1, 0.15) is 104 Å². The number of ether oxygens (including phenoxy) is 2. The zero-order chi connectivity index (χ0) is 33.3. The Kier molecular flexibility index (Phi) is 21.4. The second kappa shape index (κ2) is 24.7. The number of fused-ring (bicyclic) bond motifs is 1. The van der Waals surface area contributed by atoms with Crippen molar-refractivity contribution < 1.29 is 23.9 Å². The van der Waals surface area contributed by atoms with Crippen LogP contribution < -0.4 is 21.7 Å². The Labute approximate surface area is 282 Å². The van der Waals surface area contributed by atoms with Crippen LogP contribution in [0.5, 0.6) is 0 Å². The predicted octanol–water partition coefficient (Wildman–Crippen LogP) is 6.25. The number of rotatable bonds is 27. The maximum Gasteiger partial charge on any atom is 0.315 e. The number of urea groups is 1. The fraction of sp³-hybridized carbons (Fsp3) is 0.694. The molecule has 0 spiro atoms. The number of thioether (sulfide) groups is 1. The fourth-order valence-electron chi connectivity index (χ4n) is 5.43. The summed E-state index contributed by atoms with van der Waals surface area (Å²) in [6.07, 6.45) is 29.7. The molecular weight excluding hydrogens is 600 g/mol. The first kappa shape index (κ1) is 39.8. The number of hydrogen-bond donors (Lipinski definition) is 4. The lowest BCUT2D eigenvalue weighted by atomic mass is 9.98. The normalized spacial score (nSPS) is 20.9. The number of Topliss-reactive ketones (excluding diaryl/α,β-unsaturated/α-hetero) is 1. The van der Waals surface area contributed by atoms with E-state index in [2.05, 4.69) is 71.5 Å². The summed E-state index contributed by atoms with van der Waals surface area (Å²) in [5.74, 6) is 0.426. The van der Waals surface area contributed by atoms with Crippen LogP contribution >= 0.6 is 11.8 Å². The molecule has 2 fully saturated rings. The number of carbonyl (C=O) groups excluding carboxylic acids is 3. The lowest BCUT2D eigenvalue weighted by Crippen LogP contribution is -2.64. The zero-order valence-electron chi connectivity index (χ0n) is 28.3. The molecule has 3 amide bonds. The summed E-state index contributed by atoms with van der Waals surface area (Å²) < 4.78 is 11.0. The van der Waals surface area contributed by atoms with Gasteiger partial charge in [0.1, 0.15) is 0 Å². The Bertz CT molecular complexity index is 1000. The van der Waals surface area contributed by atoms with Crippen molar-refractivity contribution >= 4 is 29.5 Å². The van der Waals surface area contributed by atoms with E-state index in [4.69, 9.17) is 15.2 Å². The van der Waals surface area contributed by atoms with Gasteiger partial charge in [-0.15, -0.1) is 0 Å². The van der Waals surface area contributed by atoms with Gasteiger partial charge >= 0.3 is 6.03 Å². The molecule has 2 rings (SSSR count). The van der Waals surface area contributed by atoms with E-state index in [0.29, 0.717) is 37.9 Å². The number of nitrogens with one attached hydrogen (secondary N) is 3. The van der Waals surface area contributed by atoms with Crippen molar-refractivity contribution in [2.75, 3.05) is 32.2 Å². The Morgan fingerprint density at radius 3 is 2.20 bits per heavy atom. The highest BCUT2D eigenvalue weighted by atomic mass is 32.2. The minimum Gasteiger partial charge on any atom is -0.379 e. The molecule has 0 saturated carbocycles. The number of unbranched alkanes of at least 4 members (excludes halogenated alkanes) is 5. The summed E-state index contributed by atoms with van der Waals surface area (Å²) in [5.41, 5.74) is 4.91. The van der Waals surface area contributed by atoms with Gasteiger partial charge < -0.3 is 31.2 Å². The van der Waals surface area contributed by atoms with E-state index in [0.717, 1.165) is 44.3 Å². The molecule has 9 nitrogen and oxygen atoms in total. The standard InChI is InChI=1S/C36H60N4O5S/c1-3-5-6-7-8-9-10-11-12-13-14-15-16-17-18-19-20-25-33(42)40-36(37,29-45-27-26-44-4-2)32(41)24-22-21-23-31-34-30(28-46-31)38-35(43)39-34/h8-9,11-12,14-15,17-18,30-31,34H,3-7,10,13,16,19-29,37H2,1-2H3,(H,40,42)(H2,38,39,43)/t30-,31-,34-,36?/m0/s1. The van der Waals surface area contributed by atoms with Gasteiger partial charge in [0.25, 0.3) is 0 Å². The minimum atomic E-state index is -1.57. The first-order chi connectivity index (χ1) is 22.4. The van der Waals surface area contributed by atoms with Gasteiger partial charge in [-0.1, -0.05) is 74.8 Å². The van der Waals surface area contributed by atoms with Crippen molar-refractivity contribution in [3.05, 3.63) is 48.6 Å². The van der Waals surface area contributed by atoms with Crippen LogP contribution in [0.25, 0.3) is 0 Å². The Morgan fingerprint density at radius 1 is 0.870 bits per heavy atom. The first-order valence-corrected chi connectivity index (χ1v) is 18.5. The first-order valence-electron chi connectivity index (χ1n) is 17.5. The molecule has 0 aromatic heterocycles. The number of amides is 3. The van der Waals surface area contributed by atoms with Crippen LogP contribution in [0.2, 0.25) is 0 Å². The maximum absolute atomic E-state index is 13.2. The summed E-state index contributed by atoms with van der Waals surface area (Å²) in [6, 6.07) is 0.242. The molecule has 0 aromatic carbocycles. The van der Waals surface area contributed by atoms with Crippen LogP contribution in [0.15, 0.2) is 48.6 Å². The summed E-state index contributed by atoms with van der Waals surface area (Å²) in [5, 5.41) is 9.08. The molecule has 2 saturated heterocycles. The maximum atomic E-state index is 13.2. The number of hydrogen-bond acceptors (Lipinski definition) is 7. The van der Waals surface area contributed by atoms with Gasteiger partial charge in [0, 0.05) is 30.5 Å². The molecule has 2 aliphatic rings. The van der Waals surface area contributed by atoms with Crippen molar-refractivity contribution in [2.24, 2.45) is 5.73 Å². The second-order valence-electron chi connectivity index (χ2n) is 12.0. The molecule has 1 unspecified atom stereocenters. The molecule has 46 heavy (non-hydrogen) atoms. The summed E-state index contributed by atoms with van der Waals surface area (Å²) >= 11 is 1.86. The largest absolute Gasteiger partial charge is 0.379 e. The average molecular weight is 661 g/mol. The molecule has 10 heteroatoms. The lowest BCUT2D eigenvalue weighted by molar-refractivity contribution is -0.135. The Morgan fingerprint density at radius 2 is 1.52 bits per heavy atom. The monoisotopic (exact) mass is 660 g/mol. The van der Waals surface area contributed by atoms with Gasteiger partial charge in [-0.2, -0.15) is 11.8 Å². The van der Waals surface area contributed by atoms with E-state index in [-0.39, 0.29) is 49.3 Å². The number of nitrogens with two attached hydrogens (primary N) is 1. The molecule has 2 aliphatic heterocycles. The predicted molar refractivity (Wildman–Crippen MR) is 190 cm³/mol. The van der Waals surface area contributed by atoms with E-state index in [1.807, 2.05) is 18.7 Å². The molecule has 2 heterocycles. The van der Waals surface area contributed by atoms with E-state index in [1.165, 1.54) is 25.7 Å². The molecule has 4 atom stereocenters. The van der Waals surface area contributed by atoms with Gasteiger partial charge in [-0.25, -0.2) is 4.79 Å². The van der Waals surface area contributed by atoms with Crippen LogP contribution in [-0.4, -0.2) is 72.9 Å². The lowest BCUT2D eigenvalue weighted by Gasteiger charge is -2.29. The number of allylic oxidation sites excluding steroid dienone is 8. The van der Waals surface area contributed by atoms with Gasteiger partial charge in [0.2, 0.25) is 5.91 Å². The van der Waals surface area contributed by atoms with Gasteiger partial charge in [0.05, 0.1) is 31.9 Å². The number of carbonyl (C=O) groups is 3. The third kappa shape index (κ3) is 17.0. The van der Waals surface area contributed by atoms with Gasteiger partial charge in [-0.05, 0) is 64.7 Å². The zero-order valence-corrected chi connectivity index (χ0v) is 29.1. The SMILES string of the molecule is CCCCCC=CCC=CCC=CCC=CCCCC(=O)NC(N)(COCCOCC)C(=O)CCCC[C@@H]1SC[C@@H]2NC(=O)N[C@@H]21. The summed E-state index contributed by atoms with van der Waals surface area (Å²) in [6.45, 7) is 5.31. The third-order valence-electron chi connectivity index (χ3n) is 8.08. The van der Waals surface area contributed by atoms with E-state index in [9.17, 15) is 14.4 Å². The molecule has 5 N–H and O–H groups in total. The van der Waals surface area contributed by atoms with Crippen molar-refractivity contribution in [1.82, 2.24) is 16.0 Å². The second-order valence-corrected chi connectivity index (χ2v) is 13.3. The molecular formula is C36H60N4O5S. The van der Waals surface area contributed by atoms with Crippen LogP contribution in [-0.2, 0) is 19.1 Å².